The molecule has 0 aromatic heterocycles. The van der Waals surface area contributed by atoms with Crippen molar-refractivity contribution in [2.75, 3.05) is 40.4 Å². The standard InChI is InChI=1S/C13H19BrN2O2/c1-16(9-10-18-2)8-7-15-13(17)11-3-5-12(14)6-4-11/h3-6H,7-10H2,1-2H3,(H,15,17). The Balaban J connectivity index is 2.27. The van der Waals surface area contributed by atoms with Crippen LogP contribution in [0.4, 0.5) is 0 Å². The lowest BCUT2D eigenvalue weighted by Gasteiger charge is -2.16. The molecule has 1 aromatic carbocycles. The lowest BCUT2D eigenvalue weighted by Crippen LogP contribution is -2.34. The minimum absolute atomic E-state index is 0.0392. The monoisotopic (exact) mass is 314 g/mol. The number of methoxy groups -OCH3 is 1. The number of ether oxygens (including phenoxy) is 1. The van der Waals surface area contributed by atoms with Crippen molar-refractivity contribution >= 4 is 21.8 Å². The molecule has 0 radical (unpaired) electrons. The van der Waals surface area contributed by atoms with Crippen molar-refractivity contribution in [3.05, 3.63) is 34.3 Å². The summed E-state index contributed by atoms with van der Waals surface area (Å²) >= 11 is 3.34. The van der Waals surface area contributed by atoms with Crippen LogP contribution in [-0.2, 0) is 4.74 Å². The Kier molecular flexibility index (Phi) is 6.93. The van der Waals surface area contributed by atoms with E-state index in [0.29, 0.717) is 18.7 Å². The van der Waals surface area contributed by atoms with E-state index in [2.05, 4.69) is 26.1 Å². The highest BCUT2D eigenvalue weighted by atomic mass is 79.9. The molecule has 100 valence electrons. The van der Waals surface area contributed by atoms with Crippen LogP contribution in [0.1, 0.15) is 10.4 Å². The highest BCUT2D eigenvalue weighted by Gasteiger charge is 2.04. The Hall–Kier alpha value is -0.910. The first-order chi connectivity index (χ1) is 8.63. The zero-order valence-electron chi connectivity index (χ0n) is 10.8. The van der Waals surface area contributed by atoms with Crippen molar-refractivity contribution in [2.45, 2.75) is 0 Å². The van der Waals surface area contributed by atoms with Gasteiger partial charge >= 0.3 is 0 Å². The summed E-state index contributed by atoms with van der Waals surface area (Å²) in [5, 5.41) is 2.89. The molecule has 1 amide bonds. The maximum atomic E-state index is 11.8. The van der Waals surface area contributed by atoms with E-state index in [1.165, 1.54) is 0 Å². The molecule has 0 saturated carbocycles. The van der Waals surface area contributed by atoms with Crippen molar-refractivity contribution in [3.8, 4) is 0 Å². The number of hydrogen-bond acceptors (Lipinski definition) is 3. The van der Waals surface area contributed by atoms with Gasteiger partial charge in [-0.2, -0.15) is 0 Å². The van der Waals surface area contributed by atoms with E-state index in [-0.39, 0.29) is 5.91 Å². The molecule has 0 aliphatic heterocycles. The van der Waals surface area contributed by atoms with E-state index >= 15 is 0 Å². The summed E-state index contributed by atoms with van der Waals surface area (Å²) in [4.78, 5) is 13.9. The van der Waals surface area contributed by atoms with Crippen LogP contribution < -0.4 is 5.32 Å². The van der Waals surface area contributed by atoms with Crippen molar-refractivity contribution in [2.24, 2.45) is 0 Å². The maximum Gasteiger partial charge on any atom is 0.251 e. The fourth-order valence-corrected chi connectivity index (χ4v) is 1.69. The third-order valence-corrected chi connectivity index (χ3v) is 3.09. The van der Waals surface area contributed by atoms with Crippen molar-refractivity contribution in [1.29, 1.82) is 0 Å². The maximum absolute atomic E-state index is 11.8. The molecule has 0 fully saturated rings. The summed E-state index contributed by atoms with van der Waals surface area (Å²) in [6, 6.07) is 7.32. The zero-order chi connectivity index (χ0) is 13.4. The highest BCUT2D eigenvalue weighted by Crippen LogP contribution is 2.10. The molecule has 18 heavy (non-hydrogen) atoms. The molecule has 0 unspecified atom stereocenters. The van der Waals surface area contributed by atoms with Gasteiger partial charge in [-0.3, -0.25) is 4.79 Å². The molecule has 5 heteroatoms. The van der Waals surface area contributed by atoms with Gasteiger partial charge < -0.3 is 15.0 Å². The van der Waals surface area contributed by atoms with E-state index in [1.54, 1.807) is 19.2 Å². The second kappa shape index (κ2) is 8.24. The average molecular weight is 315 g/mol. The van der Waals surface area contributed by atoms with Gasteiger partial charge in [0.15, 0.2) is 0 Å². The summed E-state index contributed by atoms with van der Waals surface area (Å²) in [6.45, 7) is 3.02. The molecule has 0 spiro atoms. The van der Waals surface area contributed by atoms with E-state index in [9.17, 15) is 4.79 Å². The second-order valence-electron chi connectivity index (χ2n) is 4.06. The first kappa shape index (κ1) is 15.1. The fourth-order valence-electron chi connectivity index (χ4n) is 1.42. The topological polar surface area (TPSA) is 41.6 Å². The highest BCUT2D eigenvalue weighted by molar-refractivity contribution is 9.10. The van der Waals surface area contributed by atoms with Crippen molar-refractivity contribution < 1.29 is 9.53 Å². The van der Waals surface area contributed by atoms with Crippen molar-refractivity contribution in [3.63, 3.8) is 0 Å². The number of hydrogen-bond donors (Lipinski definition) is 1. The predicted molar refractivity (Wildman–Crippen MR) is 75.8 cm³/mol. The van der Waals surface area contributed by atoms with Gasteiger partial charge in [0.25, 0.3) is 5.91 Å². The molecular weight excluding hydrogens is 296 g/mol. The van der Waals surface area contributed by atoms with Gasteiger partial charge in [-0.15, -0.1) is 0 Å². The number of benzene rings is 1. The number of likely N-dealkylation sites (N-methyl/N-ethyl adjacent to an activating group) is 1. The lowest BCUT2D eigenvalue weighted by molar-refractivity contribution is 0.0947. The number of amides is 1. The summed E-state index contributed by atoms with van der Waals surface area (Å²) in [5.41, 5.74) is 0.678. The van der Waals surface area contributed by atoms with Crippen LogP contribution in [0, 0.1) is 0 Å². The number of rotatable bonds is 7. The Labute approximate surface area is 116 Å². The fraction of sp³-hybridized carbons (Fsp3) is 0.462. The van der Waals surface area contributed by atoms with Crippen LogP contribution in [0.2, 0.25) is 0 Å². The van der Waals surface area contributed by atoms with Crippen LogP contribution in [0.5, 0.6) is 0 Å². The molecule has 1 aromatic rings. The van der Waals surface area contributed by atoms with Gasteiger partial charge in [0, 0.05) is 36.8 Å². The summed E-state index contributed by atoms with van der Waals surface area (Å²) in [6.07, 6.45) is 0. The summed E-state index contributed by atoms with van der Waals surface area (Å²) in [7, 11) is 3.69. The van der Waals surface area contributed by atoms with Gasteiger partial charge in [-0.05, 0) is 31.3 Å². The summed E-state index contributed by atoms with van der Waals surface area (Å²) in [5.74, 6) is -0.0392. The first-order valence-corrected chi connectivity index (χ1v) is 6.64. The number of nitrogens with one attached hydrogen (secondary N) is 1. The van der Waals surface area contributed by atoms with E-state index in [1.807, 2.05) is 19.2 Å². The SMILES string of the molecule is COCCN(C)CCNC(=O)c1ccc(Br)cc1. The number of carbonyl (C=O) groups is 1. The zero-order valence-corrected chi connectivity index (χ0v) is 12.4. The van der Waals surface area contributed by atoms with Crippen LogP contribution >= 0.6 is 15.9 Å². The van der Waals surface area contributed by atoms with Crippen LogP contribution in [0.25, 0.3) is 0 Å². The molecule has 1 N–H and O–H groups in total. The molecule has 4 nitrogen and oxygen atoms in total. The minimum Gasteiger partial charge on any atom is -0.383 e. The van der Waals surface area contributed by atoms with Gasteiger partial charge in [-0.25, -0.2) is 0 Å². The Morgan fingerprint density at radius 2 is 2.00 bits per heavy atom. The molecular formula is C13H19BrN2O2. The predicted octanol–water partition coefficient (Wildman–Crippen LogP) is 1.76. The largest absolute Gasteiger partial charge is 0.383 e. The smallest absolute Gasteiger partial charge is 0.251 e. The third kappa shape index (κ3) is 5.62. The number of halogens is 1. The van der Waals surface area contributed by atoms with E-state index < -0.39 is 0 Å². The van der Waals surface area contributed by atoms with Crippen LogP contribution in [0.15, 0.2) is 28.7 Å². The van der Waals surface area contributed by atoms with Gasteiger partial charge in [0.05, 0.1) is 6.61 Å². The Bertz CT molecular complexity index is 368. The average Bonchev–Trinajstić information content (AvgIpc) is 2.37. The molecule has 0 bridgehead atoms. The van der Waals surface area contributed by atoms with E-state index in [0.717, 1.165) is 17.6 Å². The number of carbonyl (C=O) groups excluding carboxylic acids is 1. The van der Waals surface area contributed by atoms with Crippen LogP contribution in [0.3, 0.4) is 0 Å². The normalized spacial score (nSPS) is 10.7. The summed E-state index contributed by atoms with van der Waals surface area (Å²) < 4.78 is 5.96. The molecule has 0 heterocycles. The molecule has 0 saturated heterocycles. The second-order valence-corrected chi connectivity index (χ2v) is 4.97. The number of nitrogens with zero attached hydrogens (tertiary/aromatic N) is 1. The molecule has 0 atom stereocenters. The van der Waals surface area contributed by atoms with Crippen LogP contribution in [-0.4, -0.2) is 51.2 Å². The lowest BCUT2D eigenvalue weighted by atomic mass is 10.2. The van der Waals surface area contributed by atoms with Crippen molar-refractivity contribution in [1.82, 2.24) is 10.2 Å². The third-order valence-electron chi connectivity index (χ3n) is 2.56. The van der Waals surface area contributed by atoms with E-state index in [4.69, 9.17) is 4.74 Å². The van der Waals surface area contributed by atoms with Gasteiger partial charge in [-0.1, -0.05) is 15.9 Å². The molecule has 0 aliphatic carbocycles. The minimum atomic E-state index is -0.0392. The first-order valence-electron chi connectivity index (χ1n) is 5.84. The Morgan fingerprint density at radius 3 is 2.61 bits per heavy atom. The van der Waals surface area contributed by atoms with Gasteiger partial charge in [0.1, 0.15) is 0 Å². The molecule has 0 aliphatic rings. The quantitative estimate of drug-likeness (QED) is 0.834. The van der Waals surface area contributed by atoms with Gasteiger partial charge in [0.2, 0.25) is 0 Å². The molecule has 1 rings (SSSR count). The Morgan fingerprint density at radius 1 is 1.33 bits per heavy atom.